The molecule has 0 bridgehead atoms. The topological polar surface area (TPSA) is 26.3 Å². The molecule has 2 nitrogen and oxygen atoms in total. The van der Waals surface area contributed by atoms with Crippen LogP contribution in [0.4, 0.5) is 43.9 Å². The highest BCUT2D eigenvalue weighted by Crippen LogP contribution is 2.38. The van der Waals surface area contributed by atoms with Crippen molar-refractivity contribution in [3.8, 4) is 34.2 Å². The van der Waals surface area contributed by atoms with E-state index in [4.69, 9.17) is 8.83 Å². The molecule has 0 spiro atoms. The summed E-state index contributed by atoms with van der Waals surface area (Å²) in [6, 6.07) is 3.53. The van der Waals surface area contributed by atoms with E-state index < -0.39 is 92.3 Å². The van der Waals surface area contributed by atoms with E-state index >= 15 is 0 Å². The van der Waals surface area contributed by atoms with Gasteiger partial charge in [-0.15, -0.1) is 0 Å². The highest BCUT2D eigenvalue weighted by atomic mass is 19.2. The molecule has 12 heteroatoms. The van der Waals surface area contributed by atoms with Gasteiger partial charge in [-0.05, 0) is 24.3 Å². The molecule has 2 aromatic carbocycles. The Balaban J connectivity index is 1.79. The maximum atomic E-state index is 13.9. The van der Waals surface area contributed by atoms with E-state index in [1.807, 2.05) is 0 Å². The largest absolute Gasteiger partial charge is 0.453 e. The lowest BCUT2D eigenvalue weighted by Crippen LogP contribution is -2.03. The predicted octanol–water partition coefficient (Wildman–Crippen LogP) is 7.26. The molecule has 0 unspecified atom stereocenters. The third-order valence-electron chi connectivity index (χ3n) is 4.37. The molecule has 0 fully saturated rings. The molecular weight excluding hydrogens is 462 g/mol. The Kier molecular flexibility index (Phi) is 5.02. The number of hydrogen-bond acceptors (Lipinski definition) is 2. The molecule has 0 atom stereocenters. The summed E-state index contributed by atoms with van der Waals surface area (Å²) >= 11 is 0. The first kappa shape index (κ1) is 21.5. The van der Waals surface area contributed by atoms with Crippen molar-refractivity contribution >= 4 is 0 Å². The first-order chi connectivity index (χ1) is 15.0. The molecule has 4 aromatic rings. The first-order valence-corrected chi connectivity index (χ1v) is 8.28. The summed E-state index contributed by atoms with van der Waals surface area (Å²) in [6.45, 7) is 0. The van der Waals surface area contributed by atoms with E-state index in [1.165, 1.54) is 0 Å². The van der Waals surface area contributed by atoms with Crippen molar-refractivity contribution in [1.82, 2.24) is 0 Å². The van der Waals surface area contributed by atoms with Crippen molar-refractivity contribution in [2.45, 2.75) is 0 Å². The van der Waals surface area contributed by atoms with Crippen LogP contribution < -0.4 is 0 Å². The first-order valence-electron chi connectivity index (χ1n) is 8.28. The maximum absolute atomic E-state index is 13.9. The lowest BCUT2D eigenvalue weighted by atomic mass is 10.1. The van der Waals surface area contributed by atoms with Crippen LogP contribution in [0, 0.1) is 58.2 Å². The van der Waals surface area contributed by atoms with Gasteiger partial charge in [0.1, 0.15) is 11.5 Å². The van der Waals surface area contributed by atoms with Gasteiger partial charge in [-0.3, -0.25) is 0 Å². The Morgan fingerprint density at radius 1 is 0.312 bits per heavy atom. The van der Waals surface area contributed by atoms with Crippen LogP contribution >= 0.6 is 0 Å². The number of halogens is 10. The van der Waals surface area contributed by atoms with Crippen molar-refractivity contribution < 1.29 is 52.7 Å². The lowest BCUT2D eigenvalue weighted by molar-refractivity contribution is 0.378. The highest BCUT2D eigenvalue weighted by Gasteiger charge is 2.30. The fourth-order valence-corrected chi connectivity index (χ4v) is 2.85. The minimum atomic E-state index is -2.38. The molecule has 0 saturated heterocycles. The SMILES string of the molecule is Fc1c(F)c(F)c(-c2ccc(-c3ccc(-c4c(F)c(F)c(F)c(F)c4F)o3)o2)c(F)c1F. The summed E-state index contributed by atoms with van der Waals surface area (Å²) in [4.78, 5) is 0. The molecule has 4 rings (SSSR count). The molecule has 166 valence electrons. The van der Waals surface area contributed by atoms with E-state index in [1.54, 1.807) is 0 Å². The third kappa shape index (κ3) is 3.05. The molecule has 0 radical (unpaired) electrons. The fourth-order valence-electron chi connectivity index (χ4n) is 2.85. The monoisotopic (exact) mass is 466 g/mol. The van der Waals surface area contributed by atoms with Crippen LogP contribution in [0.3, 0.4) is 0 Å². The van der Waals surface area contributed by atoms with E-state index in [0.717, 1.165) is 24.3 Å². The van der Waals surface area contributed by atoms with Gasteiger partial charge in [0.2, 0.25) is 11.6 Å². The standard InChI is InChI=1S/C20H4F10O2/c21-11-9(12(22)16(26)19(29)15(11)25)7-3-1-5(31-7)6-2-4-8(32-6)10-13(23)17(27)20(30)18(28)14(10)24/h1-4H. The van der Waals surface area contributed by atoms with Gasteiger partial charge in [0.25, 0.3) is 0 Å². The van der Waals surface area contributed by atoms with E-state index in [-0.39, 0.29) is 0 Å². The summed E-state index contributed by atoms with van der Waals surface area (Å²) in [7, 11) is 0. The predicted molar refractivity (Wildman–Crippen MR) is 86.9 cm³/mol. The van der Waals surface area contributed by atoms with E-state index in [9.17, 15) is 43.9 Å². The number of benzene rings is 2. The normalized spacial score (nSPS) is 11.4. The Morgan fingerprint density at radius 3 is 0.812 bits per heavy atom. The average Bonchev–Trinajstić information content (AvgIpc) is 3.44. The van der Waals surface area contributed by atoms with E-state index in [2.05, 4.69) is 0 Å². The molecular formula is C20H4F10O2. The molecule has 2 aromatic heterocycles. The quantitative estimate of drug-likeness (QED) is 0.180. The Labute approximate surface area is 170 Å². The van der Waals surface area contributed by atoms with Gasteiger partial charge in [0, 0.05) is 0 Å². The van der Waals surface area contributed by atoms with Gasteiger partial charge in [0.05, 0.1) is 11.1 Å². The van der Waals surface area contributed by atoms with Crippen LogP contribution in [-0.4, -0.2) is 0 Å². The van der Waals surface area contributed by atoms with Crippen molar-refractivity contribution in [3.63, 3.8) is 0 Å². The van der Waals surface area contributed by atoms with Crippen LogP contribution in [0.1, 0.15) is 0 Å². The lowest BCUT2D eigenvalue weighted by Gasteiger charge is -2.06. The molecule has 0 aliphatic heterocycles. The zero-order valence-corrected chi connectivity index (χ0v) is 14.9. The maximum Gasteiger partial charge on any atom is 0.200 e. The fraction of sp³-hybridized carbons (Fsp3) is 0. The van der Waals surface area contributed by atoms with Gasteiger partial charge in [-0.1, -0.05) is 0 Å². The van der Waals surface area contributed by atoms with E-state index in [0.29, 0.717) is 0 Å². The van der Waals surface area contributed by atoms with Crippen molar-refractivity contribution in [3.05, 3.63) is 82.4 Å². The van der Waals surface area contributed by atoms with Crippen LogP contribution in [0.15, 0.2) is 33.1 Å². The molecule has 0 N–H and O–H groups in total. The van der Waals surface area contributed by atoms with Crippen molar-refractivity contribution in [2.75, 3.05) is 0 Å². The molecule has 0 aliphatic rings. The van der Waals surface area contributed by atoms with Crippen molar-refractivity contribution in [2.24, 2.45) is 0 Å². The third-order valence-corrected chi connectivity index (χ3v) is 4.37. The number of rotatable bonds is 3. The molecule has 0 saturated carbocycles. The second kappa shape index (κ2) is 7.46. The van der Waals surface area contributed by atoms with Gasteiger partial charge < -0.3 is 8.83 Å². The Bertz CT molecular complexity index is 1220. The van der Waals surface area contributed by atoms with Gasteiger partial charge >= 0.3 is 0 Å². The molecule has 0 amide bonds. The Morgan fingerprint density at radius 2 is 0.531 bits per heavy atom. The van der Waals surface area contributed by atoms with Gasteiger partial charge in [-0.2, -0.15) is 0 Å². The summed E-state index contributed by atoms with van der Waals surface area (Å²) in [5, 5.41) is 0. The highest BCUT2D eigenvalue weighted by molar-refractivity contribution is 5.67. The zero-order chi connectivity index (χ0) is 23.5. The molecule has 0 aliphatic carbocycles. The second-order valence-electron chi connectivity index (χ2n) is 6.22. The molecule has 32 heavy (non-hydrogen) atoms. The second-order valence-corrected chi connectivity index (χ2v) is 6.22. The van der Waals surface area contributed by atoms with Crippen molar-refractivity contribution in [1.29, 1.82) is 0 Å². The van der Waals surface area contributed by atoms with Gasteiger partial charge in [0.15, 0.2) is 58.1 Å². The van der Waals surface area contributed by atoms with Crippen LogP contribution in [0.2, 0.25) is 0 Å². The minimum Gasteiger partial charge on any atom is -0.453 e. The average molecular weight is 466 g/mol. The number of hydrogen-bond donors (Lipinski definition) is 0. The van der Waals surface area contributed by atoms with Gasteiger partial charge in [-0.25, -0.2) is 43.9 Å². The minimum absolute atomic E-state index is 0.418. The Hall–Kier alpha value is -3.70. The zero-order valence-electron chi connectivity index (χ0n) is 14.9. The van der Waals surface area contributed by atoms with Crippen LogP contribution in [0.25, 0.3) is 34.2 Å². The summed E-state index contributed by atoms with van der Waals surface area (Å²) in [5.41, 5.74) is -2.78. The number of furan rings is 2. The summed E-state index contributed by atoms with van der Waals surface area (Å²) in [6.07, 6.45) is 0. The van der Waals surface area contributed by atoms with Crippen LogP contribution in [-0.2, 0) is 0 Å². The smallest absolute Gasteiger partial charge is 0.200 e. The molecule has 2 heterocycles. The summed E-state index contributed by atoms with van der Waals surface area (Å²) < 4.78 is 146. The summed E-state index contributed by atoms with van der Waals surface area (Å²) in [5.74, 6) is -24.8. The van der Waals surface area contributed by atoms with Crippen LogP contribution in [0.5, 0.6) is 0 Å².